The Labute approximate surface area is 177 Å². The van der Waals surface area contributed by atoms with Crippen molar-refractivity contribution in [2.24, 2.45) is 0 Å². The van der Waals surface area contributed by atoms with E-state index < -0.39 is 29.9 Å². The molecule has 4 rings (SSSR count). The molecule has 0 heterocycles. The number of amides is 1. The largest absolute Gasteiger partial charge is 0.449 e. The van der Waals surface area contributed by atoms with Gasteiger partial charge in [0, 0.05) is 24.1 Å². The Balaban J connectivity index is 1.35. The summed E-state index contributed by atoms with van der Waals surface area (Å²) in [7, 11) is 0. The van der Waals surface area contributed by atoms with Crippen molar-refractivity contribution in [2.75, 3.05) is 13.2 Å². The Morgan fingerprint density at radius 3 is 2.19 bits per heavy atom. The van der Waals surface area contributed by atoms with Crippen LogP contribution in [0.4, 0.5) is 13.6 Å². The molecule has 0 fully saturated rings. The molecule has 0 saturated carbocycles. The molecule has 3 N–H and O–H groups in total. The molecule has 1 aliphatic carbocycles. The van der Waals surface area contributed by atoms with E-state index in [9.17, 15) is 23.8 Å². The van der Waals surface area contributed by atoms with Crippen molar-refractivity contribution in [2.45, 2.75) is 18.1 Å². The van der Waals surface area contributed by atoms with Crippen LogP contribution in [0, 0.1) is 11.6 Å². The molecule has 2 atom stereocenters. The Morgan fingerprint density at radius 1 is 0.968 bits per heavy atom. The second kappa shape index (κ2) is 8.83. The summed E-state index contributed by atoms with van der Waals surface area (Å²) >= 11 is 0. The van der Waals surface area contributed by atoms with E-state index in [1.165, 1.54) is 0 Å². The van der Waals surface area contributed by atoms with E-state index >= 15 is 0 Å². The number of ether oxygens (including phenoxy) is 1. The number of nitrogens with one attached hydrogen (secondary N) is 1. The molecule has 3 aromatic rings. The Hall–Kier alpha value is -3.29. The molecule has 1 aliphatic rings. The highest BCUT2D eigenvalue weighted by molar-refractivity contribution is 5.79. The molecule has 7 heteroatoms. The molecule has 0 saturated heterocycles. The van der Waals surface area contributed by atoms with Crippen LogP contribution in [-0.2, 0) is 4.74 Å². The molecule has 3 aromatic carbocycles. The van der Waals surface area contributed by atoms with Crippen LogP contribution in [0.3, 0.4) is 0 Å². The minimum Gasteiger partial charge on any atom is -0.449 e. The van der Waals surface area contributed by atoms with Crippen molar-refractivity contribution in [3.63, 3.8) is 0 Å². The van der Waals surface area contributed by atoms with Crippen molar-refractivity contribution in [3.05, 3.63) is 95.1 Å². The molecule has 0 bridgehead atoms. The van der Waals surface area contributed by atoms with Gasteiger partial charge in [0.1, 0.15) is 30.4 Å². The Bertz CT molecular complexity index is 1060. The summed E-state index contributed by atoms with van der Waals surface area (Å²) in [5, 5.41) is 22.5. The maximum Gasteiger partial charge on any atom is 0.407 e. The summed E-state index contributed by atoms with van der Waals surface area (Å²) in [5.74, 6) is -1.88. The van der Waals surface area contributed by atoms with Gasteiger partial charge in [-0.05, 0) is 28.3 Å². The van der Waals surface area contributed by atoms with Crippen LogP contribution in [-0.4, -0.2) is 35.6 Å². The lowest BCUT2D eigenvalue weighted by atomic mass is 9.98. The lowest BCUT2D eigenvalue weighted by Gasteiger charge is -2.20. The lowest BCUT2D eigenvalue weighted by Crippen LogP contribution is -2.36. The van der Waals surface area contributed by atoms with Crippen molar-refractivity contribution < 1.29 is 28.5 Å². The van der Waals surface area contributed by atoms with Gasteiger partial charge in [-0.1, -0.05) is 54.6 Å². The quantitative estimate of drug-likeness (QED) is 0.560. The van der Waals surface area contributed by atoms with Gasteiger partial charge in [-0.3, -0.25) is 0 Å². The van der Waals surface area contributed by atoms with Crippen LogP contribution >= 0.6 is 0 Å². The highest BCUT2D eigenvalue weighted by Gasteiger charge is 2.29. The van der Waals surface area contributed by atoms with Crippen LogP contribution in [0.5, 0.6) is 0 Å². The van der Waals surface area contributed by atoms with E-state index in [4.69, 9.17) is 4.74 Å². The number of rotatable bonds is 6. The van der Waals surface area contributed by atoms with Crippen molar-refractivity contribution in [3.8, 4) is 11.1 Å². The van der Waals surface area contributed by atoms with Gasteiger partial charge in [-0.2, -0.15) is 0 Å². The first-order chi connectivity index (χ1) is 15.0. The van der Waals surface area contributed by atoms with Gasteiger partial charge in [0.25, 0.3) is 0 Å². The lowest BCUT2D eigenvalue weighted by molar-refractivity contribution is 0.0165. The molecule has 0 aliphatic heterocycles. The Kier molecular flexibility index (Phi) is 5.97. The van der Waals surface area contributed by atoms with Gasteiger partial charge in [0.2, 0.25) is 0 Å². The van der Waals surface area contributed by atoms with Gasteiger partial charge < -0.3 is 20.3 Å². The first-order valence-corrected chi connectivity index (χ1v) is 9.85. The van der Waals surface area contributed by atoms with Crippen LogP contribution in [0.15, 0.2) is 66.7 Å². The van der Waals surface area contributed by atoms with E-state index in [0.29, 0.717) is 6.07 Å². The fourth-order valence-electron chi connectivity index (χ4n) is 3.90. The second-order valence-corrected chi connectivity index (χ2v) is 7.38. The number of hydrogen-bond donors (Lipinski definition) is 3. The standard InChI is InChI=1S/C24H21F2NO4/c25-14-9-10-19(21(26)11-14)23(29)22(28)12-27-24(30)31-13-20-17-7-3-1-5-15(17)16-6-2-4-8-18(16)20/h1-11,20,22-23,28-29H,12-13H2,(H,27,30). The van der Waals surface area contributed by atoms with Crippen LogP contribution < -0.4 is 5.32 Å². The highest BCUT2D eigenvalue weighted by atomic mass is 19.1. The van der Waals surface area contributed by atoms with Crippen molar-refractivity contribution in [1.29, 1.82) is 0 Å². The number of carbonyl (C=O) groups is 1. The maximum absolute atomic E-state index is 13.8. The fourth-order valence-corrected chi connectivity index (χ4v) is 3.90. The van der Waals surface area contributed by atoms with Gasteiger partial charge in [-0.25, -0.2) is 13.6 Å². The average Bonchev–Trinajstić information content (AvgIpc) is 3.09. The SMILES string of the molecule is O=C(NCC(O)C(O)c1ccc(F)cc1F)OCC1c2ccccc2-c2ccccc21. The zero-order valence-corrected chi connectivity index (χ0v) is 16.5. The second-order valence-electron chi connectivity index (χ2n) is 7.38. The predicted octanol–water partition coefficient (Wildman–Crippen LogP) is 3.90. The molecular weight excluding hydrogens is 404 g/mol. The molecule has 31 heavy (non-hydrogen) atoms. The van der Waals surface area contributed by atoms with Crippen LogP contribution in [0.1, 0.15) is 28.7 Å². The van der Waals surface area contributed by atoms with E-state index in [0.717, 1.165) is 34.4 Å². The molecule has 160 valence electrons. The van der Waals surface area contributed by atoms with Crippen LogP contribution in [0.2, 0.25) is 0 Å². The summed E-state index contributed by atoms with van der Waals surface area (Å²) in [6, 6.07) is 18.5. The van der Waals surface area contributed by atoms with E-state index in [-0.39, 0.29) is 24.6 Å². The monoisotopic (exact) mass is 425 g/mol. The van der Waals surface area contributed by atoms with Gasteiger partial charge in [0.05, 0.1) is 0 Å². The highest BCUT2D eigenvalue weighted by Crippen LogP contribution is 2.44. The van der Waals surface area contributed by atoms with Crippen molar-refractivity contribution in [1.82, 2.24) is 5.32 Å². The summed E-state index contributed by atoms with van der Waals surface area (Å²) in [5.41, 5.74) is 4.08. The number of alkyl carbamates (subject to hydrolysis) is 1. The molecule has 2 unspecified atom stereocenters. The minimum absolute atomic E-state index is 0.102. The predicted molar refractivity (Wildman–Crippen MR) is 110 cm³/mol. The molecule has 5 nitrogen and oxygen atoms in total. The first-order valence-electron chi connectivity index (χ1n) is 9.85. The van der Waals surface area contributed by atoms with E-state index in [1.807, 2.05) is 48.5 Å². The maximum atomic E-state index is 13.8. The third-order valence-corrected chi connectivity index (χ3v) is 5.44. The number of halogens is 2. The molecule has 0 radical (unpaired) electrons. The summed E-state index contributed by atoms with van der Waals surface area (Å²) in [6.45, 7) is -0.264. The third kappa shape index (κ3) is 4.28. The molecule has 1 amide bonds. The summed E-state index contributed by atoms with van der Waals surface area (Å²) < 4.78 is 32.1. The zero-order chi connectivity index (χ0) is 22.0. The number of hydrogen-bond acceptors (Lipinski definition) is 4. The molecule has 0 aromatic heterocycles. The fraction of sp³-hybridized carbons (Fsp3) is 0.208. The van der Waals surface area contributed by atoms with Gasteiger partial charge >= 0.3 is 6.09 Å². The van der Waals surface area contributed by atoms with Crippen molar-refractivity contribution >= 4 is 6.09 Å². The number of carbonyl (C=O) groups excluding carboxylic acids is 1. The average molecular weight is 425 g/mol. The van der Waals surface area contributed by atoms with E-state index in [2.05, 4.69) is 5.32 Å². The Morgan fingerprint density at radius 2 is 1.58 bits per heavy atom. The summed E-state index contributed by atoms with van der Waals surface area (Å²) in [6.07, 6.45) is -3.90. The normalized spacial score (nSPS) is 14.5. The third-order valence-electron chi connectivity index (χ3n) is 5.44. The zero-order valence-electron chi connectivity index (χ0n) is 16.5. The summed E-state index contributed by atoms with van der Waals surface area (Å²) in [4.78, 5) is 12.1. The van der Waals surface area contributed by atoms with E-state index in [1.54, 1.807) is 0 Å². The molecule has 0 spiro atoms. The smallest absolute Gasteiger partial charge is 0.407 e. The van der Waals surface area contributed by atoms with Crippen LogP contribution in [0.25, 0.3) is 11.1 Å². The molecular formula is C24H21F2NO4. The van der Waals surface area contributed by atoms with Gasteiger partial charge in [-0.15, -0.1) is 0 Å². The number of aliphatic hydroxyl groups excluding tert-OH is 2. The number of fused-ring (bicyclic) bond motifs is 3. The topological polar surface area (TPSA) is 78.8 Å². The van der Waals surface area contributed by atoms with Gasteiger partial charge in [0.15, 0.2) is 0 Å². The number of benzene rings is 3. The minimum atomic E-state index is -1.63. The number of aliphatic hydroxyl groups is 2. The first kappa shape index (κ1) is 21.0.